The Bertz CT molecular complexity index is 751. The Hall–Kier alpha value is -1.89. The van der Waals surface area contributed by atoms with Gasteiger partial charge in [0.25, 0.3) is 5.91 Å². The Balaban J connectivity index is 1.57. The zero-order valence-electron chi connectivity index (χ0n) is 15.3. The summed E-state index contributed by atoms with van der Waals surface area (Å²) in [4.78, 5) is 42.8. The lowest BCUT2D eigenvalue weighted by atomic mass is 9.80. The Morgan fingerprint density at radius 3 is 2.73 bits per heavy atom. The summed E-state index contributed by atoms with van der Waals surface area (Å²) in [6, 6.07) is 1.80. The van der Waals surface area contributed by atoms with Gasteiger partial charge in [-0.2, -0.15) is 0 Å². The number of imide groups is 1. The fourth-order valence-corrected chi connectivity index (χ4v) is 5.81. The maximum Gasteiger partial charge on any atom is 0.325 e. The molecule has 0 aromatic carbocycles. The van der Waals surface area contributed by atoms with Crippen LogP contribution in [0.15, 0.2) is 11.4 Å². The number of carbonyl (C=O) groups is 3. The molecule has 1 aromatic heterocycles. The van der Waals surface area contributed by atoms with Crippen LogP contribution in [0.2, 0.25) is 0 Å². The molecule has 4 rings (SSSR count). The lowest BCUT2D eigenvalue weighted by molar-refractivity contribution is -0.143. The highest BCUT2D eigenvalue weighted by Crippen LogP contribution is 2.42. The second-order valence-electron chi connectivity index (χ2n) is 7.77. The van der Waals surface area contributed by atoms with E-state index in [2.05, 4.69) is 5.32 Å². The Morgan fingerprint density at radius 1 is 1.27 bits per heavy atom. The molecule has 2 aliphatic heterocycles. The van der Waals surface area contributed by atoms with Gasteiger partial charge in [-0.3, -0.25) is 14.5 Å². The van der Waals surface area contributed by atoms with E-state index in [4.69, 9.17) is 0 Å². The van der Waals surface area contributed by atoms with Crippen molar-refractivity contribution in [3.8, 4) is 0 Å². The summed E-state index contributed by atoms with van der Waals surface area (Å²) in [7, 11) is 0. The topological polar surface area (TPSA) is 69.7 Å². The molecule has 4 amide bonds. The molecular weight excluding hydrogens is 350 g/mol. The number of hydrogen-bond donors (Lipinski definition) is 1. The van der Waals surface area contributed by atoms with E-state index in [1.807, 2.05) is 30.2 Å². The first-order chi connectivity index (χ1) is 12.4. The number of hydrogen-bond acceptors (Lipinski definition) is 4. The molecule has 1 spiro atoms. The van der Waals surface area contributed by atoms with Crippen molar-refractivity contribution in [3.63, 3.8) is 0 Å². The second kappa shape index (κ2) is 6.37. The molecule has 1 aliphatic carbocycles. The highest BCUT2D eigenvalue weighted by atomic mass is 32.1. The molecule has 7 heteroatoms. The third kappa shape index (κ3) is 2.55. The standard InChI is InChI=1S/C19H25N3O3S/c1-12-5-3-6-13(2)22(12)16(23)11-21-17(24)19(20-18(21)25)9-4-7-15-14(19)8-10-26-15/h8,10,12-13H,3-7,9,11H2,1-2H3,(H,20,25). The summed E-state index contributed by atoms with van der Waals surface area (Å²) >= 11 is 1.63. The largest absolute Gasteiger partial charge is 0.336 e. The normalized spacial score (nSPS) is 31.3. The number of fused-ring (bicyclic) bond motifs is 2. The van der Waals surface area contributed by atoms with Gasteiger partial charge in [-0.1, -0.05) is 0 Å². The average molecular weight is 375 g/mol. The van der Waals surface area contributed by atoms with E-state index in [1.165, 1.54) is 0 Å². The van der Waals surface area contributed by atoms with E-state index in [1.54, 1.807) is 11.3 Å². The van der Waals surface area contributed by atoms with Gasteiger partial charge in [0.05, 0.1) is 0 Å². The molecule has 3 atom stereocenters. The third-order valence-corrected chi connectivity index (χ3v) is 7.09. The number of carbonyl (C=O) groups excluding carboxylic acids is 3. The van der Waals surface area contributed by atoms with Crippen LogP contribution in [-0.4, -0.2) is 46.3 Å². The van der Waals surface area contributed by atoms with Crippen LogP contribution in [0.1, 0.15) is 56.4 Å². The van der Waals surface area contributed by atoms with Crippen LogP contribution >= 0.6 is 11.3 Å². The highest BCUT2D eigenvalue weighted by molar-refractivity contribution is 7.10. The molecular formula is C19H25N3O3S. The van der Waals surface area contributed by atoms with Gasteiger partial charge in [-0.15, -0.1) is 11.3 Å². The molecule has 140 valence electrons. The highest BCUT2D eigenvalue weighted by Gasteiger charge is 2.55. The zero-order chi connectivity index (χ0) is 18.5. The number of rotatable bonds is 2. The van der Waals surface area contributed by atoms with Crippen LogP contribution in [0.25, 0.3) is 0 Å². The quantitative estimate of drug-likeness (QED) is 0.808. The SMILES string of the molecule is CC1CCCC(C)N1C(=O)CN1C(=O)NC2(CCCc3sccc32)C1=O. The average Bonchev–Trinajstić information content (AvgIpc) is 3.16. The zero-order valence-corrected chi connectivity index (χ0v) is 16.1. The molecule has 0 radical (unpaired) electrons. The van der Waals surface area contributed by atoms with Crippen molar-refractivity contribution >= 4 is 29.2 Å². The summed E-state index contributed by atoms with van der Waals surface area (Å²) in [5.74, 6) is -0.404. The lowest BCUT2D eigenvalue weighted by Gasteiger charge is -2.39. The summed E-state index contributed by atoms with van der Waals surface area (Å²) < 4.78 is 0. The summed E-state index contributed by atoms with van der Waals surface area (Å²) in [6.07, 6.45) is 5.46. The van der Waals surface area contributed by atoms with Gasteiger partial charge in [0, 0.05) is 22.5 Å². The smallest absolute Gasteiger partial charge is 0.325 e. The van der Waals surface area contributed by atoms with Crippen LogP contribution in [0.3, 0.4) is 0 Å². The van der Waals surface area contributed by atoms with E-state index in [0.717, 1.165) is 47.4 Å². The number of amides is 4. The van der Waals surface area contributed by atoms with Crippen molar-refractivity contribution in [1.29, 1.82) is 0 Å². The predicted octanol–water partition coefficient (Wildman–Crippen LogP) is 2.62. The van der Waals surface area contributed by atoms with Crippen molar-refractivity contribution in [2.45, 2.75) is 70.0 Å². The van der Waals surface area contributed by atoms with Crippen molar-refractivity contribution in [2.75, 3.05) is 6.54 Å². The molecule has 26 heavy (non-hydrogen) atoms. The van der Waals surface area contributed by atoms with Gasteiger partial charge in [-0.05, 0) is 63.8 Å². The van der Waals surface area contributed by atoms with Crippen LogP contribution in [0.5, 0.6) is 0 Å². The third-order valence-electron chi connectivity index (χ3n) is 6.11. The molecule has 0 bridgehead atoms. The molecule has 0 saturated carbocycles. The minimum Gasteiger partial charge on any atom is -0.336 e. The molecule has 2 fully saturated rings. The first-order valence-electron chi connectivity index (χ1n) is 9.46. The number of aryl methyl sites for hydroxylation is 1. The minimum absolute atomic E-state index is 0.133. The number of nitrogens with one attached hydrogen (secondary N) is 1. The summed E-state index contributed by atoms with van der Waals surface area (Å²) in [6.45, 7) is 3.92. The van der Waals surface area contributed by atoms with Crippen molar-refractivity contribution in [2.24, 2.45) is 0 Å². The fourth-order valence-electron chi connectivity index (χ4n) is 4.81. The van der Waals surface area contributed by atoms with Gasteiger partial charge in [-0.25, -0.2) is 4.79 Å². The summed E-state index contributed by atoms with van der Waals surface area (Å²) in [5, 5.41) is 4.89. The molecule has 1 aromatic rings. The molecule has 1 N–H and O–H groups in total. The Kier molecular flexibility index (Phi) is 4.29. The fraction of sp³-hybridized carbons (Fsp3) is 0.632. The van der Waals surface area contributed by atoms with E-state index in [-0.39, 0.29) is 30.4 Å². The monoisotopic (exact) mass is 375 g/mol. The minimum atomic E-state index is -0.968. The maximum absolute atomic E-state index is 13.2. The van der Waals surface area contributed by atoms with Crippen molar-refractivity contribution in [3.05, 3.63) is 21.9 Å². The van der Waals surface area contributed by atoms with Gasteiger partial charge in [0.15, 0.2) is 0 Å². The number of likely N-dealkylation sites (tertiary alicyclic amines) is 1. The lowest BCUT2D eigenvalue weighted by Crippen LogP contribution is -2.52. The van der Waals surface area contributed by atoms with Crippen LogP contribution < -0.4 is 5.32 Å². The first-order valence-corrected chi connectivity index (χ1v) is 10.3. The van der Waals surface area contributed by atoms with Crippen LogP contribution in [0, 0.1) is 0 Å². The number of nitrogens with zero attached hydrogens (tertiary/aromatic N) is 2. The molecule has 2 saturated heterocycles. The summed E-state index contributed by atoms with van der Waals surface area (Å²) in [5.41, 5.74) is -0.0499. The van der Waals surface area contributed by atoms with E-state index in [9.17, 15) is 14.4 Å². The maximum atomic E-state index is 13.2. The number of thiophene rings is 1. The van der Waals surface area contributed by atoms with Gasteiger partial charge in [0.1, 0.15) is 12.1 Å². The van der Waals surface area contributed by atoms with Crippen LogP contribution in [0.4, 0.5) is 4.79 Å². The van der Waals surface area contributed by atoms with Gasteiger partial charge >= 0.3 is 6.03 Å². The molecule has 6 nitrogen and oxygen atoms in total. The van der Waals surface area contributed by atoms with E-state index >= 15 is 0 Å². The van der Waals surface area contributed by atoms with E-state index in [0.29, 0.717) is 6.42 Å². The first kappa shape index (κ1) is 17.5. The number of urea groups is 1. The van der Waals surface area contributed by atoms with Crippen LogP contribution in [-0.2, 0) is 21.5 Å². The molecule has 3 aliphatic rings. The van der Waals surface area contributed by atoms with Crippen molar-refractivity contribution in [1.82, 2.24) is 15.1 Å². The second-order valence-corrected chi connectivity index (χ2v) is 8.77. The molecule has 3 unspecified atom stereocenters. The van der Waals surface area contributed by atoms with E-state index < -0.39 is 11.6 Å². The molecule has 3 heterocycles. The Labute approximate surface area is 157 Å². The number of piperidine rings is 1. The predicted molar refractivity (Wildman–Crippen MR) is 98.8 cm³/mol. The Morgan fingerprint density at radius 2 is 2.00 bits per heavy atom. The van der Waals surface area contributed by atoms with Crippen molar-refractivity contribution < 1.29 is 14.4 Å². The van der Waals surface area contributed by atoms with Gasteiger partial charge < -0.3 is 10.2 Å². The van der Waals surface area contributed by atoms with Gasteiger partial charge in [0.2, 0.25) is 5.91 Å².